The highest BCUT2D eigenvalue weighted by Crippen LogP contribution is 2.24. The standard InChI is InChI=1S/C22H27ClN2O5S/c1-16(2)30-15-18-5-3-4-17(12-18)14-24-22(26)20-13-19(6-7-21(20)23)31(27,28)25-8-10-29-11-9-25/h3-7,12-13,16H,8-11,14-15H2,1-2H3,(H,24,26). The lowest BCUT2D eigenvalue weighted by Crippen LogP contribution is -2.40. The van der Waals surface area contributed by atoms with Gasteiger partial charge in [-0.15, -0.1) is 0 Å². The summed E-state index contributed by atoms with van der Waals surface area (Å²) in [6.45, 7) is 5.98. The van der Waals surface area contributed by atoms with E-state index in [1.807, 2.05) is 38.1 Å². The van der Waals surface area contributed by atoms with E-state index in [2.05, 4.69) is 5.32 Å². The quantitative estimate of drug-likeness (QED) is 0.645. The van der Waals surface area contributed by atoms with Crippen molar-refractivity contribution in [3.05, 3.63) is 64.2 Å². The molecule has 1 fully saturated rings. The maximum absolute atomic E-state index is 12.9. The van der Waals surface area contributed by atoms with E-state index in [1.54, 1.807) is 0 Å². The molecule has 1 saturated heterocycles. The lowest BCUT2D eigenvalue weighted by Gasteiger charge is -2.26. The van der Waals surface area contributed by atoms with E-state index < -0.39 is 15.9 Å². The summed E-state index contributed by atoms with van der Waals surface area (Å²) in [6.07, 6.45) is 0.131. The molecule has 0 radical (unpaired) electrons. The zero-order valence-electron chi connectivity index (χ0n) is 17.6. The Balaban J connectivity index is 1.71. The molecule has 1 aliphatic rings. The minimum absolute atomic E-state index is 0.0387. The van der Waals surface area contributed by atoms with Crippen LogP contribution in [0.3, 0.4) is 0 Å². The van der Waals surface area contributed by atoms with Crippen molar-refractivity contribution in [1.29, 1.82) is 0 Å². The van der Waals surface area contributed by atoms with Crippen molar-refractivity contribution in [2.24, 2.45) is 0 Å². The predicted molar refractivity (Wildman–Crippen MR) is 119 cm³/mol. The summed E-state index contributed by atoms with van der Waals surface area (Å²) < 4.78 is 38.0. The van der Waals surface area contributed by atoms with Gasteiger partial charge in [-0.1, -0.05) is 35.9 Å². The number of sulfonamides is 1. The second-order valence-corrected chi connectivity index (χ2v) is 9.87. The molecule has 2 aromatic carbocycles. The zero-order chi connectivity index (χ0) is 22.4. The summed E-state index contributed by atoms with van der Waals surface area (Å²) in [7, 11) is -3.72. The molecule has 0 atom stereocenters. The Morgan fingerprint density at radius 3 is 2.58 bits per heavy atom. The highest BCUT2D eigenvalue weighted by Gasteiger charge is 2.27. The van der Waals surface area contributed by atoms with Crippen LogP contribution in [-0.2, 0) is 32.6 Å². The first-order valence-corrected chi connectivity index (χ1v) is 11.9. The Kier molecular flexibility index (Phi) is 8.07. The van der Waals surface area contributed by atoms with Gasteiger partial charge in [0.1, 0.15) is 0 Å². The van der Waals surface area contributed by atoms with Gasteiger partial charge in [0, 0.05) is 19.6 Å². The molecule has 0 bridgehead atoms. The van der Waals surface area contributed by atoms with Crippen molar-refractivity contribution in [1.82, 2.24) is 9.62 Å². The molecule has 7 nitrogen and oxygen atoms in total. The van der Waals surface area contributed by atoms with Gasteiger partial charge in [-0.05, 0) is 43.2 Å². The van der Waals surface area contributed by atoms with E-state index >= 15 is 0 Å². The van der Waals surface area contributed by atoms with Gasteiger partial charge >= 0.3 is 0 Å². The van der Waals surface area contributed by atoms with Crippen LogP contribution in [0.5, 0.6) is 0 Å². The number of nitrogens with one attached hydrogen (secondary N) is 1. The highest BCUT2D eigenvalue weighted by atomic mass is 35.5. The lowest BCUT2D eigenvalue weighted by atomic mass is 10.1. The molecule has 1 amide bonds. The molecule has 1 aliphatic heterocycles. The van der Waals surface area contributed by atoms with E-state index in [-0.39, 0.29) is 41.2 Å². The fourth-order valence-electron chi connectivity index (χ4n) is 3.14. The second-order valence-electron chi connectivity index (χ2n) is 7.52. The Labute approximate surface area is 188 Å². The van der Waals surface area contributed by atoms with Gasteiger partial charge in [-0.2, -0.15) is 4.31 Å². The first-order chi connectivity index (χ1) is 14.8. The molecule has 0 aromatic heterocycles. The van der Waals surface area contributed by atoms with E-state index in [0.29, 0.717) is 19.8 Å². The number of carbonyl (C=O) groups is 1. The fraction of sp³-hybridized carbons (Fsp3) is 0.409. The normalized spacial score (nSPS) is 15.2. The molecule has 1 N–H and O–H groups in total. The fourth-order valence-corrected chi connectivity index (χ4v) is 4.78. The van der Waals surface area contributed by atoms with Crippen LogP contribution >= 0.6 is 11.6 Å². The molecular formula is C22H27ClN2O5S. The largest absolute Gasteiger partial charge is 0.379 e. The number of carbonyl (C=O) groups excluding carboxylic acids is 1. The van der Waals surface area contributed by atoms with Crippen molar-refractivity contribution in [3.8, 4) is 0 Å². The molecule has 168 valence electrons. The summed E-state index contributed by atoms with van der Waals surface area (Å²) in [5.41, 5.74) is 2.04. The summed E-state index contributed by atoms with van der Waals surface area (Å²) in [5.74, 6) is -0.437. The Hall–Kier alpha value is -1.97. The number of hydrogen-bond acceptors (Lipinski definition) is 5. The van der Waals surface area contributed by atoms with Crippen LogP contribution in [0.2, 0.25) is 5.02 Å². The molecular weight excluding hydrogens is 440 g/mol. The molecule has 2 aromatic rings. The van der Waals surface area contributed by atoms with Crippen LogP contribution in [0.1, 0.15) is 35.3 Å². The van der Waals surface area contributed by atoms with Gasteiger partial charge in [0.2, 0.25) is 10.0 Å². The monoisotopic (exact) mass is 466 g/mol. The Morgan fingerprint density at radius 1 is 1.16 bits per heavy atom. The van der Waals surface area contributed by atoms with Gasteiger partial charge < -0.3 is 14.8 Å². The number of nitrogens with zero attached hydrogens (tertiary/aromatic N) is 1. The Bertz CT molecular complexity index is 1020. The Morgan fingerprint density at radius 2 is 1.87 bits per heavy atom. The van der Waals surface area contributed by atoms with Gasteiger partial charge in [0.05, 0.1) is 41.4 Å². The van der Waals surface area contributed by atoms with Crippen LogP contribution in [0.4, 0.5) is 0 Å². The summed E-state index contributed by atoms with van der Waals surface area (Å²) in [5, 5.41) is 3.01. The van der Waals surface area contributed by atoms with Gasteiger partial charge in [-0.3, -0.25) is 4.79 Å². The number of morpholine rings is 1. The minimum atomic E-state index is -3.72. The molecule has 9 heteroatoms. The van der Waals surface area contributed by atoms with Crippen LogP contribution in [0.25, 0.3) is 0 Å². The van der Waals surface area contributed by atoms with Crippen LogP contribution in [0, 0.1) is 0 Å². The average molecular weight is 467 g/mol. The average Bonchev–Trinajstić information content (AvgIpc) is 2.77. The number of rotatable bonds is 8. The number of ether oxygens (including phenoxy) is 2. The van der Waals surface area contributed by atoms with E-state index in [9.17, 15) is 13.2 Å². The van der Waals surface area contributed by atoms with Crippen LogP contribution in [-0.4, -0.2) is 51.0 Å². The topological polar surface area (TPSA) is 84.9 Å². The number of amides is 1. The first-order valence-electron chi connectivity index (χ1n) is 10.1. The molecule has 0 unspecified atom stereocenters. The van der Waals surface area contributed by atoms with E-state index in [1.165, 1.54) is 22.5 Å². The number of halogens is 1. The SMILES string of the molecule is CC(C)OCc1cccc(CNC(=O)c2cc(S(=O)(=O)N3CCOCC3)ccc2Cl)c1. The molecule has 0 spiro atoms. The third-order valence-corrected chi connectivity index (χ3v) is 7.04. The predicted octanol–water partition coefficient (Wildman–Crippen LogP) is 3.22. The molecule has 3 rings (SSSR count). The van der Waals surface area contributed by atoms with Gasteiger partial charge in [-0.25, -0.2) is 8.42 Å². The molecule has 0 saturated carbocycles. The smallest absolute Gasteiger partial charge is 0.253 e. The van der Waals surface area contributed by atoms with E-state index in [4.69, 9.17) is 21.1 Å². The minimum Gasteiger partial charge on any atom is -0.379 e. The van der Waals surface area contributed by atoms with Crippen molar-refractivity contribution in [2.45, 2.75) is 38.0 Å². The maximum Gasteiger partial charge on any atom is 0.253 e. The third-order valence-electron chi connectivity index (χ3n) is 4.82. The van der Waals surface area contributed by atoms with Gasteiger partial charge in [0.25, 0.3) is 5.91 Å². The summed E-state index contributed by atoms with van der Waals surface area (Å²) >= 11 is 6.20. The highest BCUT2D eigenvalue weighted by molar-refractivity contribution is 7.89. The molecule has 0 aliphatic carbocycles. The second kappa shape index (κ2) is 10.6. The number of hydrogen-bond donors (Lipinski definition) is 1. The van der Waals surface area contributed by atoms with Crippen LogP contribution < -0.4 is 5.32 Å². The van der Waals surface area contributed by atoms with Crippen molar-refractivity contribution in [2.75, 3.05) is 26.3 Å². The van der Waals surface area contributed by atoms with Gasteiger partial charge in [0.15, 0.2) is 0 Å². The van der Waals surface area contributed by atoms with Crippen molar-refractivity contribution >= 4 is 27.5 Å². The summed E-state index contributed by atoms with van der Waals surface area (Å²) in [4.78, 5) is 12.8. The van der Waals surface area contributed by atoms with E-state index in [0.717, 1.165) is 11.1 Å². The third kappa shape index (κ3) is 6.27. The maximum atomic E-state index is 12.9. The van der Waals surface area contributed by atoms with Crippen molar-refractivity contribution < 1.29 is 22.7 Å². The first kappa shape index (κ1) is 23.7. The van der Waals surface area contributed by atoms with Crippen LogP contribution in [0.15, 0.2) is 47.4 Å². The number of benzene rings is 2. The molecule has 1 heterocycles. The summed E-state index contributed by atoms with van der Waals surface area (Å²) in [6, 6.07) is 11.9. The van der Waals surface area contributed by atoms with Crippen molar-refractivity contribution in [3.63, 3.8) is 0 Å². The lowest BCUT2D eigenvalue weighted by molar-refractivity contribution is 0.0657. The zero-order valence-corrected chi connectivity index (χ0v) is 19.2. The molecule has 31 heavy (non-hydrogen) atoms.